The Bertz CT molecular complexity index is 594. The second kappa shape index (κ2) is 3.61. The van der Waals surface area contributed by atoms with E-state index in [0.717, 1.165) is 0 Å². The minimum absolute atomic E-state index is 0.0786. The first-order valence-electron chi connectivity index (χ1n) is 4.61. The molecule has 9 heteroatoms. The summed E-state index contributed by atoms with van der Waals surface area (Å²) in [6, 6.07) is 2.74. The molecule has 2 unspecified atom stereocenters. The van der Waals surface area contributed by atoms with Crippen LogP contribution in [-0.2, 0) is 0 Å². The Morgan fingerprint density at radius 2 is 1.72 bits per heavy atom. The average molecular weight is 360 g/mol. The highest BCUT2D eigenvalue weighted by Crippen LogP contribution is 2.50. The predicted molar refractivity (Wildman–Crippen MR) is 64.4 cm³/mol. The van der Waals surface area contributed by atoms with E-state index in [2.05, 4.69) is 35.4 Å². The second-order valence-corrected chi connectivity index (χ2v) is 5.30. The van der Waals surface area contributed by atoms with Crippen molar-refractivity contribution in [3.63, 3.8) is 0 Å². The fourth-order valence-corrected chi connectivity index (χ4v) is 2.19. The fourth-order valence-electron chi connectivity index (χ4n) is 1.54. The first-order chi connectivity index (χ1) is 8.28. The lowest BCUT2D eigenvalue weighted by atomic mass is 10.2. The minimum Gasteiger partial charge on any atom is -0.435 e. The molecule has 0 fully saturated rings. The Balaban J connectivity index is 2.18. The molecule has 0 saturated heterocycles. The van der Waals surface area contributed by atoms with Gasteiger partial charge in [0, 0.05) is 12.1 Å². The average Bonchev–Trinajstić information content (AvgIpc) is 2.55. The van der Waals surface area contributed by atoms with Crippen molar-refractivity contribution in [3.05, 3.63) is 16.9 Å². The number of aromatic amines is 1. The summed E-state index contributed by atoms with van der Waals surface area (Å²) in [5.74, 6) is -0.169. The minimum atomic E-state index is -3.32. The van der Waals surface area contributed by atoms with Gasteiger partial charge in [-0.3, -0.25) is 0 Å². The lowest BCUT2D eigenvalue weighted by Gasteiger charge is -2.34. The third-order valence-electron chi connectivity index (χ3n) is 2.33. The van der Waals surface area contributed by atoms with Crippen LogP contribution >= 0.6 is 39.1 Å². The Morgan fingerprint density at radius 1 is 1.17 bits per heavy atom. The molecule has 2 aromatic rings. The molecule has 1 N–H and O–H groups in total. The number of aromatic nitrogens is 2. The van der Waals surface area contributed by atoms with Crippen LogP contribution in [0.15, 0.2) is 16.9 Å². The maximum absolute atomic E-state index is 13.6. The third kappa shape index (κ3) is 1.72. The summed E-state index contributed by atoms with van der Waals surface area (Å²) in [5, 5.41) is -6.63. The zero-order valence-electron chi connectivity index (χ0n) is 8.31. The van der Waals surface area contributed by atoms with E-state index in [1.165, 1.54) is 12.1 Å². The molecule has 1 aliphatic rings. The van der Waals surface area contributed by atoms with Crippen molar-refractivity contribution in [1.82, 2.24) is 9.97 Å². The van der Waals surface area contributed by atoms with Gasteiger partial charge in [-0.05, 0) is 39.1 Å². The summed E-state index contributed by atoms with van der Waals surface area (Å²) in [6.45, 7) is 0. The van der Waals surface area contributed by atoms with Gasteiger partial charge in [0.25, 0.3) is 0 Å². The zero-order valence-corrected chi connectivity index (χ0v) is 11.4. The van der Waals surface area contributed by atoms with Crippen LogP contribution in [0, 0.1) is 0 Å². The number of fused-ring (bicyclic) bond motifs is 2. The number of nitrogens with zero attached hydrogens (tertiary/aromatic N) is 1. The number of H-pyrrole nitrogens is 1. The number of ether oxygens (including phenoxy) is 2. The van der Waals surface area contributed by atoms with E-state index in [4.69, 9.17) is 23.2 Å². The molecular weight excluding hydrogens is 357 g/mol. The molecule has 0 radical (unpaired) electrons. The molecular formula is C9H3BrCl2F2N2O2. The first kappa shape index (κ1) is 12.3. The van der Waals surface area contributed by atoms with E-state index < -0.39 is 10.6 Å². The monoisotopic (exact) mass is 358 g/mol. The molecule has 2 atom stereocenters. The highest BCUT2D eigenvalue weighted by Gasteiger charge is 2.60. The standard InChI is InChI=1S/C9H3BrCl2F2N2O2/c10-7-15-3-1-5-6(2-4(3)16-7)18-9(12,14)8(11,13)17-5/h1-2H,(H,15,16). The van der Waals surface area contributed by atoms with Gasteiger partial charge in [0.15, 0.2) is 16.2 Å². The number of nitrogens with one attached hydrogen (secondary N) is 1. The van der Waals surface area contributed by atoms with E-state index in [9.17, 15) is 8.78 Å². The first-order valence-corrected chi connectivity index (χ1v) is 6.16. The van der Waals surface area contributed by atoms with Crippen LogP contribution < -0.4 is 9.47 Å². The molecule has 18 heavy (non-hydrogen) atoms. The number of halogens is 5. The summed E-state index contributed by atoms with van der Waals surface area (Å²) >= 11 is 13.5. The van der Waals surface area contributed by atoms with Gasteiger partial charge in [0.1, 0.15) is 0 Å². The van der Waals surface area contributed by atoms with Gasteiger partial charge in [-0.2, -0.15) is 8.78 Å². The second-order valence-electron chi connectivity index (χ2n) is 3.58. The van der Waals surface area contributed by atoms with Crippen LogP contribution in [0.25, 0.3) is 11.0 Å². The van der Waals surface area contributed by atoms with Crippen LogP contribution in [0.2, 0.25) is 0 Å². The summed E-state index contributed by atoms with van der Waals surface area (Å²) in [4.78, 5) is 6.87. The molecule has 96 valence electrons. The van der Waals surface area contributed by atoms with Crippen LogP contribution in [0.3, 0.4) is 0 Å². The predicted octanol–water partition coefficient (Wildman–Crippen LogP) is 3.82. The number of imidazole rings is 1. The smallest absolute Gasteiger partial charge is 0.414 e. The fraction of sp³-hybridized carbons (Fsp3) is 0.222. The molecule has 2 heterocycles. The quantitative estimate of drug-likeness (QED) is 0.727. The van der Waals surface area contributed by atoms with Gasteiger partial charge in [0.2, 0.25) is 0 Å². The van der Waals surface area contributed by atoms with Crippen LogP contribution in [0.5, 0.6) is 11.5 Å². The van der Waals surface area contributed by atoms with E-state index in [0.29, 0.717) is 15.8 Å². The number of hydrogen-bond acceptors (Lipinski definition) is 3. The Labute approximate surface area is 117 Å². The van der Waals surface area contributed by atoms with Crippen molar-refractivity contribution < 1.29 is 18.3 Å². The maximum atomic E-state index is 13.6. The van der Waals surface area contributed by atoms with Crippen molar-refractivity contribution in [2.45, 2.75) is 10.6 Å². The van der Waals surface area contributed by atoms with Crippen molar-refractivity contribution in [2.75, 3.05) is 0 Å². The molecule has 0 amide bonds. The normalized spacial score (nSPS) is 30.7. The Morgan fingerprint density at radius 3 is 2.33 bits per heavy atom. The molecule has 0 saturated carbocycles. The van der Waals surface area contributed by atoms with Crippen molar-refractivity contribution >= 4 is 50.2 Å². The molecule has 3 rings (SSSR count). The topological polar surface area (TPSA) is 47.1 Å². The van der Waals surface area contributed by atoms with Crippen molar-refractivity contribution in [2.24, 2.45) is 0 Å². The van der Waals surface area contributed by atoms with Crippen LogP contribution in [-0.4, -0.2) is 20.6 Å². The molecule has 0 aliphatic carbocycles. The van der Waals surface area contributed by atoms with E-state index in [-0.39, 0.29) is 11.5 Å². The van der Waals surface area contributed by atoms with Gasteiger partial charge in [-0.25, -0.2) is 4.98 Å². The van der Waals surface area contributed by atoms with Crippen LogP contribution in [0.1, 0.15) is 0 Å². The van der Waals surface area contributed by atoms with Crippen LogP contribution in [0.4, 0.5) is 8.78 Å². The number of rotatable bonds is 0. The zero-order chi connectivity index (χ0) is 13.1. The molecule has 4 nitrogen and oxygen atoms in total. The maximum Gasteiger partial charge on any atom is 0.414 e. The van der Waals surface area contributed by atoms with Gasteiger partial charge in [0.05, 0.1) is 11.0 Å². The van der Waals surface area contributed by atoms with E-state index in [1.54, 1.807) is 0 Å². The van der Waals surface area contributed by atoms with Gasteiger partial charge in [-0.15, -0.1) is 0 Å². The van der Waals surface area contributed by atoms with Gasteiger partial charge >= 0.3 is 10.6 Å². The SMILES string of the molecule is FC1(Cl)Oc2cc3nc(Br)[nH]c3cc2OC1(F)Cl. The van der Waals surface area contributed by atoms with Crippen molar-refractivity contribution in [1.29, 1.82) is 0 Å². The van der Waals surface area contributed by atoms with Gasteiger partial charge in [-0.1, -0.05) is 0 Å². The van der Waals surface area contributed by atoms with E-state index >= 15 is 0 Å². The summed E-state index contributed by atoms with van der Waals surface area (Å²) in [5.41, 5.74) is 1.01. The van der Waals surface area contributed by atoms with Gasteiger partial charge < -0.3 is 14.5 Å². The summed E-state index contributed by atoms with van der Waals surface area (Å²) < 4.78 is 37.0. The van der Waals surface area contributed by atoms with Crippen molar-refractivity contribution in [3.8, 4) is 11.5 Å². The number of hydrogen-bond donors (Lipinski definition) is 1. The largest absolute Gasteiger partial charge is 0.435 e. The summed E-state index contributed by atoms with van der Waals surface area (Å²) in [6.07, 6.45) is 0. The lowest BCUT2D eigenvalue weighted by Crippen LogP contribution is -2.50. The molecule has 1 aliphatic heterocycles. The highest BCUT2D eigenvalue weighted by molar-refractivity contribution is 9.10. The highest BCUT2D eigenvalue weighted by atomic mass is 79.9. The lowest BCUT2D eigenvalue weighted by molar-refractivity contribution is -0.179. The molecule has 1 aromatic heterocycles. The van der Waals surface area contributed by atoms with E-state index in [1.807, 2.05) is 0 Å². The third-order valence-corrected chi connectivity index (χ3v) is 3.45. The number of alkyl halides is 4. The molecule has 1 aromatic carbocycles. The number of benzene rings is 1. The summed E-state index contributed by atoms with van der Waals surface area (Å²) in [7, 11) is 0. The molecule has 0 bridgehead atoms. The Hall–Kier alpha value is -0.790. The Kier molecular flexibility index (Phi) is 2.46. The molecule has 0 spiro atoms.